The van der Waals surface area contributed by atoms with Crippen molar-refractivity contribution in [2.45, 2.75) is 20.8 Å². The zero-order valence-corrected chi connectivity index (χ0v) is 10.3. The van der Waals surface area contributed by atoms with Crippen molar-refractivity contribution in [1.82, 2.24) is 4.98 Å². The average Bonchev–Trinajstić information content (AvgIpc) is 2.02. The summed E-state index contributed by atoms with van der Waals surface area (Å²) >= 11 is 2.20. The molecule has 0 unspecified atom stereocenters. The fraction of sp³-hybridized carbons (Fsp3) is 0.500. The lowest BCUT2D eigenvalue weighted by molar-refractivity contribution is 0.268. The topological polar surface area (TPSA) is 22.1 Å². The maximum Gasteiger partial charge on any atom is 0.151 e. The van der Waals surface area contributed by atoms with Gasteiger partial charge in [-0.05, 0) is 47.6 Å². The number of pyridine rings is 1. The van der Waals surface area contributed by atoms with E-state index in [1.54, 1.807) is 0 Å². The van der Waals surface area contributed by atoms with Crippen molar-refractivity contribution in [2.24, 2.45) is 5.92 Å². The van der Waals surface area contributed by atoms with Gasteiger partial charge in [0.15, 0.2) is 5.75 Å². The van der Waals surface area contributed by atoms with E-state index in [1.807, 2.05) is 19.1 Å². The number of hydrogen-bond acceptors (Lipinski definition) is 2. The number of nitrogens with zero attached hydrogens (tertiary/aromatic N) is 1. The van der Waals surface area contributed by atoms with E-state index in [2.05, 4.69) is 41.4 Å². The Hall–Kier alpha value is -0.320. The van der Waals surface area contributed by atoms with Gasteiger partial charge in [0, 0.05) is 5.69 Å². The summed E-state index contributed by atoms with van der Waals surface area (Å²) in [4.78, 5) is 4.31. The van der Waals surface area contributed by atoms with Crippen LogP contribution in [0.2, 0.25) is 0 Å². The molecule has 1 rings (SSSR count). The zero-order valence-electron chi connectivity index (χ0n) is 8.17. The third-order valence-corrected chi connectivity index (χ3v) is 2.30. The van der Waals surface area contributed by atoms with E-state index in [1.165, 1.54) is 0 Å². The predicted octanol–water partition coefficient (Wildman–Crippen LogP) is 3.03. The van der Waals surface area contributed by atoms with E-state index >= 15 is 0 Å². The molecule has 0 N–H and O–H groups in total. The Labute approximate surface area is 92.9 Å². The Morgan fingerprint density at radius 3 is 2.69 bits per heavy atom. The first kappa shape index (κ1) is 10.8. The summed E-state index contributed by atoms with van der Waals surface area (Å²) in [7, 11) is 0. The maximum absolute atomic E-state index is 5.58. The van der Waals surface area contributed by atoms with E-state index in [0.29, 0.717) is 5.92 Å². The Morgan fingerprint density at radius 1 is 1.46 bits per heavy atom. The van der Waals surface area contributed by atoms with Gasteiger partial charge in [-0.3, -0.25) is 0 Å². The van der Waals surface area contributed by atoms with Gasteiger partial charge in [0.2, 0.25) is 0 Å². The van der Waals surface area contributed by atoms with Crippen molar-refractivity contribution in [3.05, 3.63) is 21.5 Å². The molecule has 0 saturated carbocycles. The molecule has 2 nitrogen and oxygen atoms in total. The van der Waals surface area contributed by atoms with Gasteiger partial charge in [-0.15, -0.1) is 0 Å². The summed E-state index contributed by atoms with van der Waals surface area (Å²) < 4.78 is 6.53. The van der Waals surface area contributed by atoms with Gasteiger partial charge >= 0.3 is 0 Å². The van der Waals surface area contributed by atoms with Crippen molar-refractivity contribution in [3.8, 4) is 5.75 Å². The minimum Gasteiger partial charge on any atom is -0.491 e. The largest absolute Gasteiger partial charge is 0.491 e. The lowest BCUT2D eigenvalue weighted by Crippen LogP contribution is -2.06. The molecule has 0 aromatic carbocycles. The molecule has 0 aliphatic heterocycles. The first-order valence-electron chi connectivity index (χ1n) is 4.35. The Bertz CT molecular complexity index is 286. The lowest BCUT2D eigenvalue weighted by atomic mass is 10.2. The molecule has 72 valence electrons. The average molecular weight is 291 g/mol. The van der Waals surface area contributed by atoms with Gasteiger partial charge in [0.05, 0.1) is 6.61 Å². The lowest BCUT2D eigenvalue weighted by Gasteiger charge is -2.09. The highest BCUT2D eigenvalue weighted by molar-refractivity contribution is 14.1. The molecule has 0 atom stereocenters. The van der Waals surface area contributed by atoms with Crippen LogP contribution in [-0.4, -0.2) is 11.6 Å². The zero-order chi connectivity index (χ0) is 9.84. The molecule has 3 heteroatoms. The number of aryl methyl sites for hydroxylation is 1. The van der Waals surface area contributed by atoms with Crippen LogP contribution in [0.15, 0.2) is 12.1 Å². The van der Waals surface area contributed by atoms with Gasteiger partial charge in [-0.2, -0.15) is 0 Å². The van der Waals surface area contributed by atoms with E-state index in [4.69, 9.17) is 4.74 Å². The first-order chi connectivity index (χ1) is 6.09. The van der Waals surface area contributed by atoms with Crippen LogP contribution in [-0.2, 0) is 0 Å². The summed E-state index contributed by atoms with van der Waals surface area (Å²) in [6.07, 6.45) is 0. The number of halogens is 1. The highest BCUT2D eigenvalue weighted by Gasteiger charge is 2.03. The molecule has 0 saturated heterocycles. The molecule has 0 radical (unpaired) electrons. The molecule has 0 amide bonds. The van der Waals surface area contributed by atoms with Crippen LogP contribution in [0.4, 0.5) is 0 Å². The quantitative estimate of drug-likeness (QED) is 0.631. The van der Waals surface area contributed by atoms with E-state index in [0.717, 1.165) is 21.8 Å². The maximum atomic E-state index is 5.58. The molecule has 0 spiro atoms. The van der Waals surface area contributed by atoms with Crippen molar-refractivity contribution < 1.29 is 4.74 Å². The van der Waals surface area contributed by atoms with Crippen molar-refractivity contribution in [2.75, 3.05) is 6.61 Å². The minimum atomic E-state index is 0.553. The second-order valence-corrected chi connectivity index (χ2v) is 4.47. The van der Waals surface area contributed by atoms with Crippen molar-refractivity contribution in [1.29, 1.82) is 0 Å². The molecule has 0 aliphatic rings. The number of ether oxygens (including phenoxy) is 1. The second kappa shape index (κ2) is 4.79. The van der Waals surface area contributed by atoms with Crippen LogP contribution < -0.4 is 4.74 Å². The van der Waals surface area contributed by atoms with Gasteiger partial charge in [-0.25, -0.2) is 4.98 Å². The highest BCUT2D eigenvalue weighted by Crippen LogP contribution is 2.19. The van der Waals surface area contributed by atoms with E-state index in [9.17, 15) is 0 Å². The van der Waals surface area contributed by atoms with Crippen LogP contribution in [0.3, 0.4) is 0 Å². The summed E-state index contributed by atoms with van der Waals surface area (Å²) in [6.45, 7) is 7.00. The minimum absolute atomic E-state index is 0.553. The Morgan fingerprint density at radius 2 is 2.15 bits per heavy atom. The molecular formula is C10H14INO. The van der Waals surface area contributed by atoms with E-state index < -0.39 is 0 Å². The van der Waals surface area contributed by atoms with Crippen LogP contribution in [0.25, 0.3) is 0 Å². The van der Waals surface area contributed by atoms with E-state index in [-0.39, 0.29) is 0 Å². The summed E-state index contributed by atoms with van der Waals surface area (Å²) in [6, 6.07) is 3.95. The predicted molar refractivity (Wildman–Crippen MR) is 62.0 cm³/mol. The highest BCUT2D eigenvalue weighted by atomic mass is 127. The normalized spacial score (nSPS) is 10.5. The molecular weight excluding hydrogens is 277 g/mol. The molecule has 1 heterocycles. The third kappa shape index (κ3) is 3.50. The fourth-order valence-electron chi connectivity index (χ4n) is 0.876. The summed E-state index contributed by atoms with van der Waals surface area (Å²) in [5, 5.41) is 0. The molecule has 0 bridgehead atoms. The smallest absolute Gasteiger partial charge is 0.151 e. The van der Waals surface area contributed by atoms with Crippen molar-refractivity contribution >= 4 is 22.6 Å². The van der Waals surface area contributed by atoms with Crippen LogP contribution in [0.5, 0.6) is 5.75 Å². The van der Waals surface area contributed by atoms with Gasteiger partial charge in [-0.1, -0.05) is 13.8 Å². The van der Waals surface area contributed by atoms with Gasteiger partial charge in [0.1, 0.15) is 3.70 Å². The molecule has 0 aliphatic carbocycles. The van der Waals surface area contributed by atoms with Crippen LogP contribution in [0, 0.1) is 16.5 Å². The molecule has 13 heavy (non-hydrogen) atoms. The first-order valence-corrected chi connectivity index (χ1v) is 5.43. The number of aromatic nitrogens is 1. The standard InChI is InChI=1S/C10H14INO/c1-7(2)6-13-9-5-4-8(3)12-10(9)11/h4-5,7H,6H2,1-3H3. The van der Waals surface area contributed by atoms with Gasteiger partial charge < -0.3 is 4.74 Å². The monoisotopic (exact) mass is 291 g/mol. The fourth-order valence-corrected chi connectivity index (χ4v) is 1.59. The SMILES string of the molecule is Cc1ccc(OCC(C)C)c(I)n1. The number of hydrogen-bond donors (Lipinski definition) is 0. The molecule has 0 fully saturated rings. The summed E-state index contributed by atoms with van der Waals surface area (Å²) in [5.74, 6) is 1.44. The van der Waals surface area contributed by atoms with Crippen LogP contribution >= 0.6 is 22.6 Å². The third-order valence-electron chi connectivity index (χ3n) is 1.53. The molecule has 1 aromatic rings. The Kier molecular flexibility index (Phi) is 3.96. The Balaban J connectivity index is 2.67. The van der Waals surface area contributed by atoms with Gasteiger partial charge in [0.25, 0.3) is 0 Å². The van der Waals surface area contributed by atoms with Crippen molar-refractivity contribution in [3.63, 3.8) is 0 Å². The van der Waals surface area contributed by atoms with Crippen LogP contribution in [0.1, 0.15) is 19.5 Å². The molecule has 1 aromatic heterocycles. The second-order valence-electron chi connectivity index (χ2n) is 3.45. The number of rotatable bonds is 3. The summed E-state index contributed by atoms with van der Waals surface area (Å²) in [5.41, 5.74) is 1.03.